The Labute approximate surface area is 216 Å². The van der Waals surface area contributed by atoms with Gasteiger partial charge in [-0.1, -0.05) is 165 Å². The molecule has 0 atom stereocenters. The van der Waals surface area contributed by atoms with Gasteiger partial charge in [-0.15, -0.1) is 0 Å². The van der Waals surface area contributed by atoms with Gasteiger partial charge in [0.15, 0.2) is 0 Å². The van der Waals surface area contributed by atoms with Crippen molar-refractivity contribution in [2.24, 2.45) is 38.9 Å². The standard InChI is InChI=1S/C8H18.2C7H16.C6H14.C5H12/c1-7(2)6-8(3,4)5;1-6(2)7(3,4)5;1-5-6-7(2,3)4;1-5-6(2,3)4;1-5(2,3)4/h7H,6H2,1-5H3;6H,1-5H3;5-6H2,1-4H3;5H2,1-4H3;1-4H3. The molecule has 0 aliphatic heterocycles. The molecule has 0 aromatic carbocycles. The van der Waals surface area contributed by atoms with Crippen LogP contribution in [0, 0.1) is 38.9 Å². The SMILES string of the molecule is CC(C)(C)C.CC(C)C(C)(C)C.CC(C)CC(C)(C)C.CCC(C)(C)C.CCCC(C)(C)C. The number of hydrogen-bond donors (Lipinski definition) is 0. The third-order valence-electron chi connectivity index (χ3n) is 4.81. The zero-order valence-corrected chi connectivity index (χ0v) is 28.5. The van der Waals surface area contributed by atoms with Gasteiger partial charge in [0.05, 0.1) is 0 Å². The average molecular weight is 473 g/mol. The molecular formula is C33H76. The van der Waals surface area contributed by atoms with E-state index in [-0.39, 0.29) is 0 Å². The normalized spacial score (nSPS) is 12.4. The summed E-state index contributed by atoms with van der Waals surface area (Å²) in [6.07, 6.45) is 5.25. The molecular weight excluding hydrogens is 396 g/mol. The van der Waals surface area contributed by atoms with E-state index in [0.717, 1.165) is 11.8 Å². The van der Waals surface area contributed by atoms with Crippen LogP contribution in [0.2, 0.25) is 0 Å². The summed E-state index contributed by atoms with van der Waals surface area (Å²) < 4.78 is 0. The molecule has 0 rings (SSSR count). The van der Waals surface area contributed by atoms with Crippen molar-refractivity contribution in [1.29, 1.82) is 0 Å². The maximum Gasteiger partial charge on any atom is -0.0360 e. The van der Waals surface area contributed by atoms with Gasteiger partial charge in [0, 0.05) is 0 Å². The average Bonchev–Trinajstić information content (AvgIpc) is 2.41. The fraction of sp³-hybridized carbons (Fsp3) is 1.00. The van der Waals surface area contributed by atoms with E-state index in [2.05, 4.69) is 152 Å². The predicted molar refractivity (Wildman–Crippen MR) is 162 cm³/mol. The van der Waals surface area contributed by atoms with Crippen molar-refractivity contribution in [2.45, 2.75) is 178 Å². The van der Waals surface area contributed by atoms with Crippen LogP contribution in [-0.2, 0) is 0 Å². The third kappa shape index (κ3) is 88.9. The molecule has 0 aliphatic carbocycles. The Hall–Kier alpha value is 0. The van der Waals surface area contributed by atoms with E-state index in [1.165, 1.54) is 25.7 Å². The van der Waals surface area contributed by atoms with Crippen LogP contribution in [0.25, 0.3) is 0 Å². The Balaban J connectivity index is -0.0000000998. The Morgan fingerprint density at radius 3 is 0.727 bits per heavy atom. The molecule has 0 aromatic heterocycles. The van der Waals surface area contributed by atoms with Crippen LogP contribution in [0.3, 0.4) is 0 Å². The van der Waals surface area contributed by atoms with E-state index in [9.17, 15) is 0 Å². The molecule has 0 aromatic rings. The summed E-state index contributed by atoms with van der Waals surface area (Å²) in [7, 11) is 0. The van der Waals surface area contributed by atoms with Gasteiger partial charge in [-0.05, 0) is 51.8 Å². The first kappa shape index (κ1) is 43.1. The van der Waals surface area contributed by atoms with Crippen LogP contribution in [0.4, 0.5) is 0 Å². The Morgan fingerprint density at radius 1 is 0.485 bits per heavy atom. The lowest BCUT2D eigenvalue weighted by molar-refractivity contribution is 0.283. The molecule has 0 unspecified atom stereocenters. The van der Waals surface area contributed by atoms with Crippen LogP contribution >= 0.6 is 0 Å². The molecule has 208 valence electrons. The first-order valence-electron chi connectivity index (χ1n) is 14.0. The van der Waals surface area contributed by atoms with E-state index in [1.807, 2.05) is 0 Å². The molecule has 0 fully saturated rings. The molecule has 0 N–H and O–H groups in total. The van der Waals surface area contributed by atoms with Crippen LogP contribution in [0.1, 0.15) is 178 Å². The summed E-state index contributed by atoms with van der Waals surface area (Å²) in [4.78, 5) is 0. The summed E-state index contributed by atoms with van der Waals surface area (Å²) in [6, 6.07) is 0. The number of hydrogen-bond acceptors (Lipinski definition) is 0. The fourth-order valence-electron chi connectivity index (χ4n) is 1.97. The van der Waals surface area contributed by atoms with E-state index >= 15 is 0 Å². The minimum absolute atomic E-state index is 0.500. The van der Waals surface area contributed by atoms with Gasteiger partial charge in [0.1, 0.15) is 0 Å². The highest BCUT2D eigenvalue weighted by Crippen LogP contribution is 2.24. The first-order chi connectivity index (χ1) is 14.0. The molecule has 0 aliphatic rings. The van der Waals surface area contributed by atoms with Gasteiger partial charge in [-0.25, -0.2) is 0 Å². The molecule has 0 bridgehead atoms. The zero-order valence-electron chi connectivity index (χ0n) is 28.5. The largest absolute Gasteiger partial charge is 0.0654 e. The smallest absolute Gasteiger partial charge is 0.0360 e. The summed E-state index contributed by atoms with van der Waals surface area (Å²) >= 11 is 0. The van der Waals surface area contributed by atoms with E-state index in [1.54, 1.807) is 0 Å². The molecule has 0 heteroatoms. The van der Waals surface area contributed by atoms with E-state index < -0.39 is 0 Å². The van der Waals surface area contributed by atoms with Crippen LogP contribution in [0.5, 0.6) is 0 Å². The molecule has 0 amide bonds. The number of rotatable bonds is 2. The van der Waals surface area contributed by atoms with Gasteiger partial charge in [-0.2, -0.15) is 0 Å². The van der Waals surface area contributed by atoms with Crippen LogP contribution < -0.4 is 0 Å². The second-order valence-corrected chi connectivity index (χ2v) is 16.9. The Morgan fingerprint density at radius 2 is 0.727 bits per heavy atom. The highest BCUT2D eigenvalue weighted by atomic mass is 14.2. The topological polar surface area (TPSA) is 0 Å². The van der Waals surface area contributed by atoms with Gasteiger partial charge < -0.3 is 0 Å². The van der Waals surface area contributed by atoms with E-state index in [0.29, 0.717) is 27.1 Å². The molecule has 0 saturated heterocycles. The lowest BCUT2D eigenvalue weighted by atomic mass is 9.84. The third-order valence-corrected chi connectivity index (χ3v) is 4.81. The maximum atomic E-state index is 2.28. The zero-order chi connectivity index (χ0) is 28.5. The van der Waals surface area contributed by atoms with Crippen molar-refractivity contribution in [3.05, 3.63) is 0 Å². The van der Waals surface area contributed by atoms with E-state index in [4.69, 9.17) is 0 Å². The fourth-order valence-corrected chi connectivity index (χ4v) is 1.97. The van der Waals surface area contributed by atoms with Gasteiger partial charge in [0.2, 0.25) is 0 Å². The molecule has 0 saturated carbocycles. The highest BCUT2D eigenvalue weighted by molar-refractivity contribution is 4.64. The van der Waals surface area contributed by atoms with Crippen molar-refractivity contribution in [3.8, 4) is 0 Å². The van der Waals surface area contributed by atoms with Crippen LogP contribution in [0.15, 0.2) is 0 Å². The van der Waals surface area contributed by atoms with Gasteiger partial charge in [0.25, 0.3) is 0 Å². The van der Waals surface area contributed by atoms with Crippen molar-refractivity contribution < 1.29 is 0 Å². The van der Waals surface area contributed by atoms with Crippen LogP contribution in [-0.4, -0.2) is 0 Å². The quantitative estimate of drug-likeness (QED) is 0.374. The Kier molecular flexibility index (Phi) is 25.1. The summed E-state index contributed by atoms with van der Waals surface area (Å²) in [6.45, 7) is 49.4. The minimum Gasteiger partial charge on any atom is -0.0654 e. The Bertz CT molecular complexity index is 368. The second-order valence-electron chi connectivity index (χ2n) is 16.9. The molecule has 0 radical (unpaired) electrons. The van der Waals surface area contributed by atoms with Gasteiger partial charge in [-0.3, -0.25) is 0 Å². The van der Waals surface area contributed by atoms with Crippen molar-refractivity contribution >= 4 is 0 Å². The molecule has 0 nitrogen and oxygen atoms in total. The monoisotopic (exact) mass is 473 g/mol. The second kappa shape index (κ2) is 19.2. The summed E-state index contributed by atoms with van der Waals surface area (Å²) in [5.74, 6) is 1.64. The molecule has 0 heterocycles. The van der Waals surface area contributed by atoms with Crippen molar-refractivity contribution in [3.63, 3.8) is 0 Å². The lowest BCUT2D eigenvalue weighted by Gasteiger charge is -2.22. The van der Waals surface area contributed by atoms with Gasteiger partial charge >= 0.3 is 0 Å². The molecule has 33 heavy (non-hydrogen) atoms. The summed E-state index contributed by atoms with van der Waals surface area (Å²) in [5, 5.41) is 0. The minimum atomic E-state index is 0.500. The first-order valence-corrected chi connectivity index (χ1v) is 14.0. The predicted octanol–water partition coefficient (Wildman–Crippen LogP) is 13.1. The summed E-state index contributed by atoms with van der Waals surface area (Å²) in [5.41, 5.74) is 2.61. The lowest BCUT2D eigenvalue weighted by Crippen LogP contribution is -2.12. The highest BCUT2D eigenvalue weighted by Gasteiger charge is 2.13. The van der Waals surface area contributed by atoms with Crippen molar-refractivity contribution in [1.82, 2.24) is 0 Å². The molecule has 0 spiro atoms. The van der Waals surface area contributed by atoms with Crippen molar-refractivity contribution in [2.75, 3.05) is 0 Å². The maximum absolute atomic E-state index is 2.28.